The Morgan fingerprint density at radius 1 is 1.40 bits per heavy atom. The Hall–Kier alpha value is -0.810. The lowest BCUT2D eigenvalue weighted by atomic mass is 10.1. The predicted octanol–water partition coefficient (Wildman–Crippen LogP) is 2.91. The smallest absolute Gasteiger partial charge is 0.327 e. The third-order valence-electron chi connectivity index (χ3n) is 3.09. The molecule has 0 aliphatic rings. The summed E-state index contributed by atoms with van der Waals surface area (Å²) in [5.41, 5.74) is 0.678. The van der Waals surface area contributed by atoms with E-state index in [1.807, 2.05) is 6.92 Å². The van der Waals surface area contributed by atoms with Crippen molar-refractivity contribution in [2.75, 3.05) is 20.7 Å². The van der Waals surface area contributed by atoms with Crippen LogP contribution in [0.4, 0.5) is 0 Å². The van der Waals surface area contributed by atoms with Crippen LogP contribution in [0.3, 0.4) is 0 Å². The van der Waals surface area contributed by atoms with E-state index in [0.29, 0.717) is 28.6 Å². The first-order valence-corrected chi connectivity index (χ1v) is 7.07. The zero-order valence-corrected chi connectivity index (χ0v) is 13.3. The lowest BCUT2D eigenvalue weighted by Gasteiger charge is -2.28. The highest BCUT2D eigenvalue weighted by molar-refractivity contribution is 6.42. The van der Waals surface area contributed by atoms with Gasteiger partial charge in [-0.1, -0.05) is 36.2 Å². The Morgan fingerprint density at radius 3 is 2.55 bits per heavy atom. The number of aliphatic hydroxyl groups is 1. The second-order valence-electron chi connectivity index (χ2n) is 4.60. The molecule has 1 rings (SSSR count). The molecular weight excluding hydrogens is 301 g/mol. The topological polar surface area (TPSA) is 49.8 Å². The Balaban J connectivity index is 3.05. The molecule has 0 amide bonds. The van der Waals surface area contributed by atoms with Crippen LogP contribution in [0.2, 0.25) is 10.0 Å². The molecule has 2 atom stereocenters. The van der Waals surface area contributed by atoms with Crippen LogP contribution in [0.1, 0.15) is 24.9 Å². The third kappa shape index (κ3) is 4.35. The molecule has 0 spiro atoms. The number of ether oxygens (including phenoxy) is 1. The van der Waals surface area contributed by atoms with Crippen molar-refractivity contribution in [3.8, 4) is 0 Å². The van der Waals surface area contributed by atoms with Crippen molar-refractivity contribution in [3.05, 3.63) is 33.8 Å². The number of methoxy groups -OCH3 is 1. The number of nitrogens with zero attached hydrogens (tertiary/aromatic N) is 1. The summed E-state index contributed by atoms with van der Waals surface area (Å²) in [6, 6.07) is 4.38. The lowest BCUT2D eigenvalue weighted by Crippen LogP contribution is -2.37. The second-order valence-corrected chi connectivity index (χ2v) is 5.42. The van der Waals surface area contributed by atoms with Gasteiger partial charge in [0.1, 0.15) is 6.04 Å². The number of hydrogen-bond donors (Lipinski definition) is 1. The van der Waals surface area contributed by atoms with Gasteiger partial charge in [-0.05, 0) is 31.2 Å². The number of halogens is 2. The largest absolute Gasteiger partial charge is 0.468 e. The fourth-order valence-electron chi connectivity index (χ4n) is 1.93. The summed E-state index contributed by atoms with van der Waals surface area (Å²) in [5.74, 6) is -0.408. The van der Waals surface area contributed by atoms with Crippen LogP contribution in [0.15, 0.2) is 18.2 Å². The third-order valence-corrected chi connectivity index (χ3v) is 3.83. The highest BCUT2D eigenvalue weighted by Crippen LogP contribution is 2.28. The molecule has 0 saturated heterocycles. The van der Waals surface area contributed by atoms with Crippen LogP contribution in [0, 0.1) is 0 Å². The summed E-state index contributed by atoms with van der Waals surface area (Å²) >= 11 is 11.9. The molecule has 1 aromatic rings. The van der Waals surface area contributed by atoms with Gasteiger partial charge in [0.2, 0.25) is 0 Å². The molecule has 0 bridgehead atoms. The maximum atomic E-state index is 12.0. The van der Waals surface area contributed by atoms with E-state index < -0.39 is 18.1 Å². The molecular formula is C14H19Cl2NO3. The van der Waals surface area contributed by atoms with Gasteiger partial charge in [-0.25, -0.2) is 4.79 Å². The van der Waals surface area contributed by atoms with Gasteiger partial charge in [-0.3, -0.25) is 4.90 Å². The summed E-state index contributed by atoms with van der Waals surface area (Å²) in [5, 5.41) is 10.5. The number of hydrogen-bond acceptors (Lipinski definition) is 4. The van der Waals surface area contributed by atoms with Gasteiger partial charge in [0, 0.05) is 6.54 Å². The Morgan fingerprint density at radius 2 is 2.05 bits per heavy atom. The SMILES string of the molecule is CCC(O)CN(C)C(C(=O)OC)c1ccc(Cl)c(Cl)c1. The summed E-state index contributed by atoms with van der Waals surface area (Å²) in [4.78, 5) is 13.7. The molecule has 2 unspecified atom stereocenters. The normalized spacial score (nSPS) is 14.2. The zero-order valence-electron chi connectivity index (χ0n) is 11.8. The highest BCUT2D eigenvalue weighted by atomic mass is 35.5. The average Bonchev–Trinajstić information content (AvgIpc) is 2.42. The quantitative estimate of drug-likeness (QED) is 0.819. The molecule has 112 valence electrons. The number of carbonyl (C=O) groups is 1. The molecule has 0 aliphatic heterocycles. The van der Waals surface area contributed by atoms with E-state index in [2.05, 4.69) is 0 Å². The van der Waals surface area contributed by atoms with Crippen LogP contribution in [-0.2, 0) is 9.53 Å². The molecule has 0 heterocycles. The summed E-state index contributed by atoms with van der Waals surface area (Å²) in [7, 11) is 3.08. The molecule has 1 aromatic carbocycles. The number of benzene rings is 1. The van der Waals surface area contributed by atoms with Crippen molar-refractivity contribution in [1.82, 2.24) is 4.90 Å². The van der Waals surface area contributed by atoms with Gasteiger partial charge >= 0.3 is 5.97 Å². The molecule has 0 saturated carbocycles. The lowest BCUT2D eigenvalue weighted by molar-refractivity contribution is -0.147. The molecule has 1 N–H and O–H groups in total. The molecule has 0 aliphatic carbocycles. The standard InChI is InChI=1S/C14H19Cl2NO3/c1-4-10(18)8-17(2)13(14(19)20-3)9-5-6-11(15)12(16)7-9/h5-7,10,13,18H,4,8H2,1-3H3. The fourth-order valence-corrected chi connectivity index (χ4v) is 2.24. The van der Waals surface area contributed by atoms with Crippen molar-refractivity contribution >= 4 is 29.2 Å². The van der Waals surface area contributed by atoms with Crippen LogP contribution in [0.25, 0.3) is 0 Å². The Kier molecular flexibility index (Phi) is 6.76. The maximum absolute atomic E-state index is 12.0. The minimum Gasteiger partial charge on any atom is -0.468 e. The van der Waals surface area contributed by atoms with E-state index in [0.717, 1.165) is 0 Å². The number of esters is 1. The maximum Gasteiger partial charge on any atom is 0.327 e. The summed E-state index contributed by atoms with van der Waals surface area (Å²) < 4.78 is 4.83. The van der Waals surface area contributed by atoms with Gasteiger partial charge in [0.25, 0.3) is 0 Å². The van der Waals surface area contributed by atoms with Gasteiger partial charge in [-0.15, -0.1) is 0 Å². The molecule has 20 heavy (non-hydrogen) atoms. The van der Waals surface area contributed by atoms with E-state index in [4.69, 9.17) is 27.9 Å². The second kappa shape index (κ2) is 7.84. The molecule has 4 nitrogen and oxygen atoms in total. The number of likely N-dealkylation sites (N-methyl/N-ethyl adjacent to an activating group) is 1. The number of aliphatic hydroxyl groups excluding tert-OH is 1. The first kappa shape index (κ1) is 17.2. The average molecular weight is 320 g/mol. The summed E-state index contributed by atoms with van der Waals surface area (Å²) in [6.07, 6.45) is 0.106. The Bertz CT molecular complexity index is 468. The summed E-state index contributed by atoms with van der Waals surface area (Å²) in [6.45, 7) is 2.24. The molecule has 0 fully saturated rings. The van der Waals surface area contributed by atoms with Crippen molar-refractivity contribution in [1.29, 1.82) is 0 Å². The van der Waals surface area contributed by atoms with Gasteiger partial charge < -0.3 is 9.84 Å². The van der Waals surface area contributed by atoms with E-state index in [1.54, 1.807) is 30.1 Å². The van der Waals surface area contributed by atoms with Crippen molar-refractivity contribution < 1.29 is 14.6 Å². The van der Waals surface area contributed by atoms with Gasteiger partial charge in [0.05, 0.1) is 23.3 Å². The van der Waals surface area contributed by atoms with E-state index in [-0.39, 0.29) is 0 Å². The zero-order chi connectivity index (χ0) is 15.3. The van der Waals surface area contributed by atoms with Crippen LogP contribution >= 0.6 is 23.2 Å². The van der Waals surface area contributed by atoms with Gasteiger partial charge in [0.15, 0.2) is 0 Å². The minimum atomic E-state index is -0.629. The minimum absolute atomic E-state index is 0.358. The van der Waals surface area contributed by atoms with Crippen LogP contribution in [0.5, 0.6) is 0 Å². The van der Waals surface area contributed by atoms with Crippen molar-refractivity contribution in [2.24, 2.45) is 0 Å². The van der Waals surface area contributed by atoms with Gasteiger partial charge in [-0.2, -0.15) is 0 Å². The predicted molar refractivity (Wildman–Crippen MR) is 80.1 cm³/mol. The highest BCUT2D eigenvalue weighted by Gasteiger charge is 2.27. The molecule has 6 heteroatoms. The number of rotatable bonds is 6. The van der Waals surface area contributed by atoms with Crippen LogP contribution in [-0.4, -0.2) is 42.8 Å². The molecule has 0 radical (unpaired) electrons. The van der Waals surface area contributed by atoms with E-state index in [9.17, 15) is 9.90 Å². The van der Waals surface area contributed by atoms with Crippen LogP contribution < -0.4 is 0 Å². The first-order valence-electron chi connectivity index (χ1n) is 6.31. The molecule has 0 aromatic heterocycles. The first-order chi connectivity index (χ1) is 9.40. The number of carbonyl (C=O) groups excluding carboxylic acids is 1. The van der Waals surface area contributed by atoms with Crippen molar-refractivity contribution in [3.63, 3.8) is 0 Å². The van der Waals surface area contributed by atoms with E-state index >= 15 is 0 Å². The van der Waals surface area contributed by atoms with E-state index in [1.165, 1.54) is 7.11 Å². The fraction of sp³-hybridized carbons (Fsp3) is 0.500. The monoisotopic (exact) mass is 319 g/mol. The van der Waals surface area contributed by atoms with Crippen molar-refractivity contribution in [2.45, 2.75) is 25.5 Å². The Labute approximate surface area is 129 Å².